The molecule has 1 aromatic heterocycles. The Hall–Kier alpha value is -4.57. The maximum Gasteiger partial charge on any atom is 0.362 e. The van der Waals surface area contributed by atoms with Gasteiger partial charge in [0.25, 0.3) is 17.9 Å². The van der Waals surface area contributed by atoms with Gasteiger partial charge < -0.3 is 47.0 Å². The van der Waals surface area contributed by atoms with Crippen LogP contribution in [0.2, 0.25) is 0 Å². The van der Waals surface area contributed by atoms with E-state index in [1.165, 1.54) is 12.3 Å². The predicted molar refractivity (Wildman–Crippen MR) is 173 cm³/mol. The number of carbonyl (C=O) groups excluding carboxylic acids is 2. The number of aromatic nitrogens is 1. The first-order valence-corrected chi connectivity index (χ1v) is 17.1. The Morgan fingerprint density at radius 1 is 1.23 bits per heavy atom. The van der Waals surface area contributed by atoms with Crippen molar-refractivity contribution in [2.75, 3.05) is 38.5 Å². The monoisotopic (exact) mass is 710 g/mol. The standard InChI is InChI=1S/C27H38N10O9S2/c1-15-21(24(39)37(15)48(42,43)44)33-23(38)22(19-14-47-26(30)32-19)34-46-20(25(40)41)13-45-18-5-4-16-11-36(12-17(16)10-18)27(31)35(8-2-6-28)9-3-7-29/h4-5,10,14-15,20-21,31H,2-3,6-9,11-13,28-29H2,1H3,(H2,30,32)(H,33,38)(H,40,41)(H,42,43,44)/b31-27?,34-22-/t15-,20-,21-/m0/s1. The topological polar surface area (TPSA) is 293 Å². The molecule has 1 aromatic carbocycles. The summed E-state index contributed by atoms with van der Waals surface area (Å²) in [4.78, 5) is 50.4. The van der Waals surface area contributed by atoms with Crippen LogP contribution in [-0.2, 0) is 42.6 Å². The van der Waals surface area contributed by atoms with E-state index in [0.29, 0.717) is 51.0 Å². The lowest BCUT2D eigenvalue weighted by molar-refractivity contribution is -0.152. The predicted octanol–water partition coefficient (Wildman–Crippen LogP) is -1.25. The van der Waals surface area contributed by atoms with Crippen molar-refractivity contribution < 1.29 is 42.0 Å². The number of guanidine groups is 1. The molecule has 19 nitrogen and oxygen atoms in total. The third-order valence-corrected chi connectivity index (χ3v) is 9.25. The number of ether oxygens (including phenoxy) is 1. The summed E-state index contributed by atoms with van der Waals surface area (Å²) < 4.78 is 37.9. The van der Waals surface area contributed by atoms with Crippen LogP contribution >= 0.6 is 11.3 Å². The number of fused-ring (bicyclic) bond motifs is 1. The summed E-state index contributed by atoms with van der Waals surface area (Å²) in [5.74, 6) is -2.88. The van der Waals surface area contributed by atoms with Gasteiger partial charge in [0.2, 0.25) is 0 Å². The van der Waals surface area contributed by atoms with E-state index >= 15 is 0 Å². The first kappa shape index (κ1) is 36.3. The number of carboxylic acids is 1. The van der Waals surface area contributed by atoms with Crippen molar-refractivity contribution in [1.82, 2.24) is 24.4 Å². The van der Waals surface area contributed by atoms with Crippen molar-refractivity contribution in [2.24, 2.45) is 16.6 Å². The second-order valence-corrected chi connectivity index (χ2v) is 13.1. The number of carboxylic acid groups (broad SMARTS) is 1. The molecule has 0 bridgehead atoms. The van der Waals surface area contributed by atoms with Crippen LogP contribution in [0.3, 0.4) is 0 Å². The zero-order valence-electron chi connectivity index (χ0n) is 25.9. The maximum absolute atomic E-state index is 13.1. The van der Waals surface area contributed by atoms with E-state index in [2.05, 4.69) is 15.5 Å². The molecule has 2 aliphatic rings. The Morgan fingerprint density at radius 2 is 1.90 bits per heavy atom. The average molecular weight is 711 g/mol. The summed E-state index contributed by atoms with van der Waals surface area (Å²) in [5.41, 5.74) is 18.3. The molecule has 0 aliphatic carbocycles. The molecule has 2 aliphatic heterocycles. The largest absolute Gasteiger partial charge is 0.489 e. The van der Waals surface area contributed by atoms with Crippen molar-refractivity contribution in [3.8, 4) is 5.75 Å². The summed E-state index contributed by atoms with van der Waals surface area (Å²) in [5, 5.41) is 25.9. The lowest BCUT2D eigenvalue weighted by atomic mass is 10.0. The Kier molecular flexibility index (Phi) is 11.8. The summed E-state index contributed by atoms with van der Waals surface area (Å²) in [6.45, 7) is 4.01. The number of oxime groups is 1. The van der Waals surface area contributed by atoms with Crippen LogP contribution < -0.4 is 27.3 Å². The molecule has 0 unspecified atom stereocenters. The molecule has 1 saturated heterocycles. The van der Waals surface area contributed by atoms with Crippen molar-refractivity contribution in [2.45, 2.75) is 51.0 Å². The minimum Gasteiger partial charge on any atom is -0.489 e. The van der Waals surface area contributed by atoms with Crippen molar-refractivity contribution in [1.29, 1.82) is 5.41 Å². The van der Waals surface area contributed by atoms with Gasteiger partial charge in [0.05, 0.1) is 6.04 Å². The molecule has 2 amide bonds. The molecule has 2 aromatic rings. The van der Waals surface area contributed by atoms with Gasteiger partial charge in [-0.05, 0) is 56.1 Å². The molecule has 21 heteroatoms. The van der Waals surface area contributed by atoms with E-state index in [4.69, 9.17) is 32.2 Å². The number of thiazole rings is 1. The van der Waals surface area contributed by atoms with E-state index in [0.717, 1.165) is 35.3 Å². The highest BCUT2D eigenvalue weighted by molar-refractivity contribution is 7.84. The fraction of sp³-hybridized carbons (Fsp3) is 0.481. The molecule has 3 heterocycles. The minimum atomic E-state index is -4.83. The molecule has 262 valence electrons. The summed E-state index contributed by atoms with van der Waals surface area (Å²) in [6, 6.07) is 2.79. The Balaban J connectivity index is 1.42. The average Bonchev–Trinajstić information content (AvgIpc) is 3.66. The molecular weight excluding hydrogens is 672 g/mol. The number of carbonyl (C=O) groups is 3. The zero-order chi connectivity index (χ0) is 35.2. The summed E-state index contributed by atoms with van der Waals surface area (Å²) >= 11 is 0.954. The number of anilines is 1. The highest BCUT2D eigenvalue weighted by atomic mass is 32.2. The molecule has 0 spiro atoms. The number of β-lactam (4-membered cyclic amide) rings is 1. The second-order valence-electron chi connectivity index (χ2n) is 10.9. The van der Waals surface area contributed by atoms with Crippen molar-refractivity contribution in [3.63, 3.8) is 0 Å². The molecule has 10 N–H and O–H groups in total. The number of nitrogens with two attached hydrogens (primary N) is 3. The second kappa shape index (κ2) is 15.6. The van der Waals surface area contributed by atoms with Gasteiger partial charge in [0.1, 0.15) is 24.1 Å². The van der Waals surface area contributed by atoms with Crippen LogP contribution in [0.4, 0.5) is 5.13 Å². The Morgan fingerprint density at radius 3 is 2.46 bits per heavy atom. The van der Waals surface area contributed by atoms with Gasteiger partial charge >= 0.3 is 16.3 Å². The molecule has 4 rings (SSSR count). The number of nitrogens with one attached hydrogen (secondary N) is 2. The Bertz CT molecular complexity index is 1660. The van der Waals surface area contributed by atoms with Crippen LogP contribution in [0.5, 0.6) is 5.75 Å². The highest BCUT2D eigenvalue weighted by Gasteiger charge is 2.51. The van der Waals surface area contributed by atoms with Gasteiger partial charge in [-0.25, -0.2) is 14.1 Å². The Labute approximate surface area is 280 Å². The molecular formula is C27H38N10O9S2. The lowest BCUT2D eigenvalue weighted by Gasteiger charge is -2.42. The number of nitrogen functional groups attached to an aromatic ring is 1. The quantitative estimate of drug-likeness (QED) is 0.0352. The third-order valence-electron chi connectivity index (χ3n) is 7.56. The molecule has 3 atom stereocenters. The van der Waals surface area contributed by atoms with E-state index in [1.54, 1.807) is 12.1 Å². The van der Waals surface area contributed by atoms with Crippen LogP contribution in [0.25, 0.3) is 0 Å². The normalized spacial score (nSPS) is 18.2. The van der Waals surface area contributed by atoms with Crippen molar-refractivity contribution in [3.05, 3.63) is 40.4 Å². The van der Waals surface area contributed by atoms with Crippen LogP contribution in [0.15, 0.2) is 28.7 Å². The fourth-order valence-electron chi connectivity index (χ4n) is 5.05. The van der Waals surface area contributed by atoms with Gasteiger partial charge in [-0.15, -0.1) is 11.3 Å². The smallest absolute Gasteiger partial charge is 0.362 e. The van der Waals surface area contributed by atoms with Gasteiger partial charge in [-0.3, -0.25) is 19.6 Å². The summed E-state index contributed by atoms with van der Waals surface area (Å²) in [7, 11) is -4.83. The third kappa shape index (κ3) is 8.47. The van der Waals surface area contributed by atoms with Crippen LogP contribution in [0, 0.1) is 5.41 Å². The molecule has 48 heavy (non-hydrogen) atoms. The number of hydrogen-bond acceptors (Lipinski definition) is 14. The van der Waals surface area contributed by atoms with Crippen LogP contribution in [-0.4, -0.2) is 118 Å². The van der Waals surface area contributed by atoms with E-state index in [-0.39, 0.29) is 15.1 Å². The number of amides is 2. The molecule has 0 saturated carbocycles. The van der Waals surface area contributed by atoms with E-state index < -0.39 is 58.6 Å². The summed E-state index contributed by atoms with van der Waals surface area (Å²) in [6.07, 6.45) is -0.219. The first-order valence-electron chi connectivity index (χ1n) is 14.8. The number of benzene rings is 1. The number of nitrogens with zero attached hydrogens (tertiary/aromatic N) is 5. The van der Waals surface area contributed by atoms with Gasteiger partial charge in [-0.1, -0.05) is 11.2 Å². The van der Waals surface area contributed by atoms with Gasteiger partial charge in [0, 0.05) is 31.6 Å². The minimum absolute atomic E-state index is 0.0541. The van der Waals surface area contributed by atoms with Crippen molar-refractivity contribution >= 4 is 56.2 Å². The number of hydrogen-bond donors (Lipinski definition) is 7. The lowest BCUT2D eigenvalue weighted by Crippen LogP contribution is -2.71. The fourth-order valence-corrected chi connectivity index (χ4v) is 6.48. The molecule has 0 radical (unpaired) electrons. The SMILES string of the molecule is C[C@H]1[C@H](NC(=O)/C(=N\O[C@@H](COc2ccc3c(c2)CN(C(=N)N(CCCN)CCCN)C3)C(=O)O)c2csc(N)n2)C(=O)N1S(=O)(=O)O. The number of aliphatic carboxylic acids is 1. The first-order chi connectivity index (χ1) is 22.7. The zero-order valence-corrected chi connectivity index (χ0v) is 27.6. The highest BCUT2D eigenvalue weighted by Crippen LogP contribution is 2.28. The molecule has 1 fully saturated rings. The van der Waals surface area contributed by atoms with Gasteiger partial charge in [-0.2, -0.15) is 8.42 Å². The van der Waals surface area contributed by atoms with E-state index in [9.17, 15) is 32.5 Å². The van der Waals surface area contributed by atoms with Crippen LogP contribution in [0.1, 0.15) is 36.6 Å². The maximum atomic E-state index is 13.1. The number of rotatable bonds is 16. The van der Waals surface area contributed by atoms with E-state index in [1.807, 2.05) is 15.9 Å². The van der Waals surface area contributed by atoms with Gasteiger partial charge in [0.15, 0.2) is 16.8 Å².